The number of non-ortho nitro benzene ring substituents is 1. The largest absolute Gasteiger partial charge is 0.338 e. The molecule has 2 heterocycles. The molecule has 29 heavy (non-hydrogen) atoms. The van der Waals surface area contributed by atoms with Crippen molar-refractivity contribution < 1.29 is 9.45 Å². The maximum atomic E-state index is 10.9. The highest BCUT2D eigenvalue weighted by Crippen LogP contribution is 2.36. The van der Waals surface area contributed by atoms with E-state index in [2.05, 4.69) is 20.3 Å². The van der Waals surface area contributed by atoms with Crippen molar-refractivity contribution in [3.63, 3.8) is 0 Å². The monoisotopic (exact) mass is 408 g/mol. The normalized spacial score (nSPS) is 12.1. The first-order valence-corrected chi connectivity index (χ1v) is 9.63. The molecule has 2 aromatic heterocycles. The van der Waals surface area contributed by atoms with E-state index in [0.29, 0.717) is 22.7 Å². The Morgan fingerprint density at radius 1 is 1.10 bits per heavy atom. The number of para-hydroxylation sites is 1. The minimum absolute atomic E-state index is 0.0227. The van der Waals surface area contributed by atoms with E-state index in [4.69, 9.17) is 4.52 Å². The van der Waals surface area contributed by atoms with E-state index in [1.54, 1.807) is 19.1 Å². The van der Waals surface area contributed by atoms with Crippen LogP contribution in [-0.2, 0) is 0 Å². The number of nitro groups is 1. The number of hydrogen-bond acceptors (Lipinski definition) is 8. The number of nitro benzene ring substituents is 1. The summed E-state index contributed by atoms with van der Waals surface area (Å²) in [5, 5.41) is 24.0. The molecular formula is C19H16N6O3S. The van der Waals surface area contributed by atoms with E-state index < -0.39 is 4.92 Å². The van der Waals surface area contributed by atoms with Crippen LogP contribution in [0.25, 0.3) is 17.1 Å². The molecule has 4 rings (SSSR count). The molecule has 0 fully saturated rings. The SMILES string of the molecule is Cc1noc([C@@H](C)Sc2nnc(-c3ccc([N+](=O)[O-])cc3)n2-c2ccccc2)n1. The Hall–Kier alpha value is -3.53. The van der Waals surface area contributed by atoms with E-state index >= 15 is 0 Å². The van der Waals surface area contributed by atoms with Gasteiger partial charge in [-0.25, -0.2) is 0 Å². The van der Waals surface area contributed by atoms with Crippen LogP contribution in [0.2, 0.25) is 0 Å². The average Bonchev–Trinajstić information content (AvgIpc) is 3.35. The third-order valence-electron chi connectivity index (χ3n) is 4.16. The molecule has 0 amide bonds. The molecule has 0 aliphatic heterocycles. The summed E-state index contributed by atoms with van der Waals surface area (Å²) in [4.78, 5) is 14.8. The van der Waals surface area contributed by atoms with Crippen LogP contribution in [0.4, 0.5) is 5.69 Å². The molecular weight excluding hydrogens is 392 g/mol. The molecule has 10 heteroatoms. The molecule has 0 N–H and O–H groups in total. The molecule has 4 aromatic rings. The Morgan fingerprint density at radius 3 is 2.45 bits per heavy atom. The maximum Gasteiger partial charge on any atom is 0.269 e. The highest BCUT2D eigenvalue weighted by molar-refractivity contribution is 7.99. The molecule has 0 bridgehead atoms. The Kier molecular flexibility index (Phi) is 5.09. The fourth-order valence-electron chi connectivity index (χ4n) is 2.76. The lowest BCUT2D eigenvalue weighted by Gasteiger charge is -2.11. The Balaban J connectivity index is 1.75. The Labute approximate surface area is 169 Å². The van der Waals surface area contributed by atoms with Crippen molar-refractivity contribution in [3.8, 4) is 17.1 Å². The number of hydrogen-bond donors (Lipinski definition) is 0. The van der Waals surface area contributed by atoms with Gasteiger partial charge in [-0.15, -0.1) is 10.2 Å². The fraction of sp³-hybridized carbons (Fsp3) is 0.158. The minimum Gasteiger partial charge on any atom is -0.338 e. The zero-order valence-electron chi connectivity index (χ0n) is 15.6. The topological polar surface area (TPSA) is 113 Å². The van der Waals surface area contributed by atoms with Gasteiger partial charge < -0.3 is 4.52 Å². The Morgan fingerprint density at radius 2 is 1.83 bits per heavy atom. The van der Waals surface area contributed by atoms with Crippen molar-refractivity contribution in [3.05, 3.63) is 76.4 Å². The Bertz CT molecular complexity index is 1140. The lowest BCUT2D eigenvalue weighted by Crippen LogP contribution is -2.01. The number of rotatable bonds is 6. The van der Waals surface area contributed by atoms with Crippen LogP contribution >= 0.6 is 11.8 Å². The van der Waals surface area contributed by atoms with Crippen molar-refractivity contribution in [1.29, 1.82) is 0 Å². The lowest BCUT2D eigenvalue weighted by molar-refractivity contribution is -0.384. The van der Waals surface area contributed by atoms with Gasteiger partial charge in [-0.05, 0) is 38.1 Å². The molecule has 0 saturated heterocycles. The molecule has 1 atom stereocenters. The third-order valence-corrected chi connectivity index (χ3v) is 5.19. The molecule has 146 valence electrons. The van der Waals surface area contributed by atoms with Gasteiger partial charge in [0.25, 0.3) is 5.69 Å². The minimum atomic E-state index is -0.430. The van der Waals surface area contributed by atoms with Gasteiger partial charge in [0.05, 0.1) is 10.2 Å². The van der Waals surface area contributed by atoms with E-state index in [9.17, 15) is 10.1 Å². The van der Waals surface area contributed by atoms with Crippen molar-refractivity contribution in [2.75, 3.05) is 0 Å². The van der Waals surface area contributed by atoms with Crippen molar-refractivity contribution in [2.24, 2.45) is 0 Å². The van der Waals surface area contributed by atoms with Gasteiger partial charge in [0.15, 0.2) is 16.8 Å². The second-order valence-electron chi connectivity index (χ2n) is 6.22. The summed E-state index contributed by atoms with van der Waals surface area (Å²) in [6, 6.07) is 15.9. The van der Waals surface area contributed by atoms with E-state index in [1.807, 2.05) is 41.8 Å². The van der Waals surface area contributed by atoms with E-state index in [-0.39, 0.29) is 10.9 Å². The lowest BCUT2D eigenvalue weighted by atomic mass is 10.2. The number of benzene rings is 2. The third kappa shape index (κ3) is 3.87. The second kappa shape index (κ2) is 7.84. The zero-order chi connectivity index (χ0) is 20.4. The van der Waals surface area contributed by atoms with Crippen LogP contribution in [0, 0.1) is 17.0 Å². The molecule has 2 aromatic carbocycles. The van der Waals surface area contributed by atoms with Crippen LogP contribution < -0.4 is 0 Å². The fourth-order valence-corrected chi connectivity index (χ4v) is 3.66. The molecule has 0 spiro atoms. The van der Waals surface area contributed by atoms with E-state index in [0.717, 1.165) is 11.3 Å². The highest BCUT2D eigenvalue weighted by Gasteiger charge is 2.22. The predicted octanol–water partition coefficient (Wildman–Crippen LogP) is 4.39. The predicted molar refractivity (Wildman–Crippen MR) is 107 cm³/mol. The number of aromatic nitrogens is 5. The molecule has 0 aliphatic rings. The summed E-state index contributed by atoms with van der Waals surface area (Å²) in [6.07, 6.45) is 0. The van der Waals surface area contributed by atoms with Crippen molar-refractivity contribution in [2.45, 2.75) is 24.3 Å². The first-order chi connectivity index (χ1) is 14.0. The summed E-state index contributed by atoms with van der Waals surface area (Å²) >= 11 is 1.44. The number of nitrogens with zero attached hydrogens (tertiary/aromatic N) is 6. The van der Waals surface area contributed by atoms with Gasteiger partial charge in [0.1, 0.15) is 0 Å². The molecule has 0 aliphatic carbocycles. The van der Waals surface area contributed by atoms with Crippen LogP contribution in [0.3, 0.4) is 0 Å². The van der Waals surface area contributed by atoms with Gasteiger partial charge in [0, 0.05) is 23.4 Å². The maximum absolute atomic E-state index is 10.9. The number of aryl methyl sites for hydroxylation is 1. The quantitative estimate of drug-likeness (QED) is 0.262. The van der Waals surface area contributed by atoms with Crippen molar-refractivity contribution in [1.82, 2.24) is 24.9 Å². The van der Waals surface area contributed by atoms with Gasteiger partial charge >= 0.3 is 0 Å². The summed E-state index contributed by atoms with van der Waals surface area (Å²) in [5.41, 5.74) is 1.62. The average molecular weight is 408 g/mol. The molecule has 0 radical (unpaired) electrons. The first-order valence-electron chi connectivity index (χ1n) is 8.75. The smallest absolute Gasteiger partial charge is 0.269 e. The zero-order valence-corrected chi connectivity index (χ0v) is 16.4. The van der Waals surface area contributed by atoms with Crippen LogP contribution in [-0.4, -0.2) is 29.8 Å². The molecule has 9 nitrogen and oxygen atoms in total. The van der Waals surface area contributed by atoms with Crippen molar-refractivity contribution >= 4 is 17.4 Å². The highest BCUT2D eigenvalue weighted by atomic mass is 32.2. The standard InChI is InChI=1S/C19H16N6O3S/c1-12(18-20-13(2)23-28-18)29-19-22-21-17(24(19)15-6-4-3-5-7-15)14-8-10-16(11-9-14)25(26)27/h3-12H,1-2H3/t12-/m1/s1. The molecule has 0 saturated carbocycles. The van der Waals surface area contributed by atoms with E-state index in [1.165, 1.54) is 23.9 Å². The summed E-state index contributed by atoms with van der Waals surface area (Å²) < 4.78 is 7.18. The summed E-state index contributed by atoms with van der Waals surface area (Å²) in [7, 11) is 0. The summed E-state index contributed by atoms with van der Waals surface area (Å²) in [6.45, 7) is 3.72. The van der Waals surface area contributed by atoms with Gasteiger partial charge in [0.2, 0.25) is 5.89 Å². The van der Waals surface area contributed by atoms with Gasteiger partial charge in [-0.1, -0.05) is 35.1 Å². The second-order valence-corrected chi connectivity index (χ2v) is 7.53. The molecule has 0 unspecified atom stereocenters. The van der Waals surface area contributed by atoms with Crippen LogP contribution in [0.5, 0.6) is 0 Å². The van der Waals surface area contributed by atoms with Crippen LogP contribution in [0.1, 0.15) is 23.9 Å². The van der Waals surface area contributed by atoms with Gasteiger partial charge in [-0.2, -0.15) is 4.98 Å². The summed E-state index contributed by atoms with van der Waals surface area (Å²) in [5.74, 6) is 1.66. The van der Waals surface area contributed by atoms with Gasteiger partial charge in [-0.3, -0.25) is 14.7 Å². The number of thioether (sulfide) groups is 1. The van der Waals surface area contributed by atoms with Crippen LogP contribution in [0.15, 0.2) is 64.3 Å². The first kappa shape index (κ1) is 18.8.